The molecule has 2 aliphatic rings. The Balaban J connectivity index is 1.88. The van der Waals surface area contributed by atoms with Crippen LogP contribution < -0.4 is 5.32 Å². The van der Waals surface area contributed by atoms with E-state index >= 15 is 0 Å². The number of fused-ring (bicyclic) bond motifs is 1. The van der Waals surface area contributed by atoms with Gasteiger partial charge in [-0.25, -0.2) is 4.98 Å². The highest BCUT2D eigenvalue weighted by Crippen LogP contribution is 2.34. The maximum atomic E-state index is 11.7. The number of ketones is 1. The number of aryl methyl sites for hydroxylation is 1. The fourth-order valence-electron chi connectivity index (χ4n) is 2.53. The van der Waals surface area contributed by atoms with Crippen LogP contribution in [0.15, 0.2) is 0 Å². The standard InChI is InChI=1S/C12H16N2OS/c15-10-3-1-2-9-11(10)16-12(14-9)8-4-6-13-7-5-8/h8,13H,1-7H2. The van der Waals surface area contributed by atoms with Crippen molar-refractivity contribution < 1.29 is 4.79 Å². The molecule has 0 bridgehead atoms. The van der Waals surface area contributed by atoms with E-state index in [1.807, 2.05) is 0 Å². The van der Waals surface area contributed by atoms with Gasteiger partial charge in [0, 0.05) is 12.3 Å². The van der Waals surface area contributed by atoms with Gasteiger partial charge in [-0.3, -0.25) is 4.79 Å². The first-order valence-electron chi connectivity index (χ1n) is 6.08. The number of nitrogens with one attached hydrogen (secondary N) is 1. The molecule has 0 atom stereocenters. The first-order valence-corrected chi connectivity index (χ1v) is 6.90. The molecule has 1 aliphatic heterocycles. The summed E-state index contributed by atoms with van der Waals surface area (Å²) in [6.45, 7) is 2.17. The molecule has 1 aliphatic carbocycles. The van der Waals surface area contributed by atoms with Crippen LogP contribution in [0, 0.1) is 0 Å². The third-order valence-corrected chi connectivity index (χ3v) is 4.77. The Morgan fingerprint density at radius 1 is 1.25 bits per heavy atom. The first-order chi connectivity index (χ1) is 7.84. The van der Waals surface area contributed by atoms with Gasteiger partial charge >= 0.3 is 0 Å². The molecule has 1 aromatic heterocycles. The van der Waals surface area contributed by atoms with Gasteiger partial charge in [-0.15, -0.1) is 11.3 Å². The second kappa shape index (κ2) is 4.26. The van der Waals surface area contributed by atoms with Gasteiger partial charge in [-0.1, -0.05) is 0 Å². The quantitative estimate of drug-likeness (QED) is 0.812. The number of Topliss-reactive ketones (excluding diaryl/α,β-unsaturated/α-hetero) is 1. The molecule has 3 nitrogen and oxygen atoms in total. The van der Waals surface area contributed by atoms with Crippen LogP contribution in [0.4, 0.5) is 0 Å². The number of carbonyl (C=O) groups excluding carboxylic acids is 1. The molecule has 1 N–H and O–H groups in total. The van der Waals surface area contributed by atoms with Crippen molar-refractivity contribution in [1.29, 1.82) is 0 Å². The average molecular weight is 236 g/mol. The van der Waals surface area contributed by atoms with Crippen molar-refractivity contribution in [2.75, 3.05) is 13.1 Å². The Morgan fingerprint density at radius 3 is 2.81 bits per heavy atom. The lowest BCUT2D eigenvalue weighted by molar-refractivity contribution is 0.0976. The maximum absolute atomic E-state index is 11.7. The number of hydrogen-bond acceptors (Lipinski definition) is 4. The van der Waals surface area contributed by atoms with Crippen LogP contribution in [-0.2, 0) is 6.42 Å². The third-order valence-electron chi connectivity index (χ3n) is 3.47. The second-order valence-electron chi connectivity index (χ2n) is 4.63. The lowest BCUT2D eigenvalue weighted by Crippen LogP contribution is -2.26. The van der Waals surface area contributed by atoms with E-state index in [9.17, 15) is 4.79 Å². The summed E-state index contributed by atoms with van der Waals surface area (Å²) in [4.78, 5) is 17.4. The van der Waals surface area contributed by atoms with Gasteiger partial charge in [-0.2, -0.15) is 0 Å². The molecule has 0 aromatic carbocycles. The molecule has 0 radical (unpaired) electrons. The molecule has 2 heterocycles. The van der Waals surface area contributed by atoms with E-state index in [0.717, 1.165) is 42.9 Å². The van der Waals surface area contributed by atoms with E-state index < -0.39 is 0 Å². The molecule has 16 heavy (non-hydrogen) atoms. The van der Waals surface area contributed by atoms with E-state index in [-0.39, 0.29) is 0 Å². The summed E-state index contributed by atoms with van der Waals surface area (Å²) in [5, 5.41) is 4.57. The van der Waals surface area contributed by atoms with Crippen LogP contribution in [0.5, 0.6) is 0 Å². The van der Waals surface area contributed by atoms with Crippen molar-refractivity contribution >= 4 is 17.1 Å². The van der Waals surface area contributed by atoms with Crippen molar-refractivity contribution in [2.24, 2.45) is 0 Å². The Morgan fingerprint density at radius 2 is 2.06 bits per heavy atom. The van der Waals surface area contributed by atoms with E-state index in [1.54, 1.807) is 11.3 Å². The minimum atomic E-state index is 0.318. The highest BCUT2D eigenvalue weighted by molar-refractivity contribution is 7.14. The van der Waals surface area contributed by atoms with Crippen molar-refractivity contribution in [3.8, 4) is 0 Å². The zero-order valence-corrected chi connectivity index (χ0v) is 10.1. The number of piperidine rings is 1. The fourth-order valence-corrected chi connectivity index (χ4v) is 3.78. The summed E-state index contributed by atoms with van der Waals surface area (Å²) >= 11 is 1.66. The highest BCUT2D eigenvalue weighted by Gasteiger charge is 2.25. The Kier molecular flexibility index (Phi) is 2.77. The molecule has 0 spiro atoms. The van der Waals surface area contributed by atoms with Crippen LogP contribution in [0.3, 0.4) is 0 Å². The Hall–Kier alpha value is -0.740. The highest BCUT2D eigenvalue weighted by atomic mass is 32.1. The zero-order valence-electron chi connectivity index (χ0n) is 9.29. The number of thiazole rings is 1. The van der Waals surface area contributed by atoms with Gasteiger partial charge in [0.25, 0.3) is 0 Å². The minimum Gasteiger partial charge on any atom is -0.317 e. The lowest BCUT2D eigenvalue weighted by Gasteiger charge is -2.20. The van der Waals surface area contributed by atoms with E-state index in [1.165, 1.54) is 17.8 Å². The van der Waals surface area contributed by atoms with Gasteiger partial charge in [0.2, 0.25) is 0 Å². The lowest BCUT2D eigenvalue weighted by atomic mass is 9.98. The summed E-state index contributed by atoms with van der Waals surface area (Å²) in [6.07, 6.45) is 5.05. The summed E-state index contributed by atoms with van der Waals surface area (Å²) in [5.41, 5.74) is 1.08. The van der Waals surface area contributed by atoms with Crippen molar-refractivity contribution in [3.05, 3.63) is 15.6 Å². The first kappa shape index (κ1) is 10.4. The molecule has 0 unspecified atom stereocenters. The number of hydrogen-bond donors (Lipinski definition) is 1. The van der Waals surface area contributed by atoms with E-state index in [2.05, 4.69) is 5.32 Å². The van der Waals surface area contributed by atoms with Gasteiger partial charge in [0.1, 0.15) is 0 Å². The van der Waals surface area contributed by atoms with Crippen LogP contribution >= 0.6 is 11.3 Å². The van der Waals surface area contributed by atoms with Crippen molar-refractivity contribution in [2.45, 2.75) is 38.0 Å². The molecule has 1 aromatic rings. The third kappa shape index (κ3) is 1.80. The Bertz CT molecular complexity index is 407. The molecule has 1 fully saturated rings. The molecule has 4 heteroatoms. The molecular weight excluding hydrogens is 220 g/mol. The number of aromatic nitrogens is 1. The molecule has 3 rings (SSSR count). The van der Waals surface area contributed by atoms with Crippen LogP contribution in [0.1, 0.15) is 52.0 Å². The summed E-state index contributed by atoms with van der Waals surface area (Å²) in [7, 11) is 0. The predicted octanol–water partition coefficient (Wildman–Crippen LogP) is 2.13. The zero-order chi connectivity index (χ0) is 11.0. The molecule has 86 valence electrons. The van der Waals surface area contributed by atoms with Gasteiger partial charge < -0.3 is 5.32 Å². The largest absolute Gasteiger partial charge is 0.317 e. The number of nitrogens with zero attached hydrogens (tertiary/aromatic N) is 1. The number of rotatable bonds is 1. The van der Waals surface area contributed by atoms with E-state index in [4.69, 9.17) is 4.98 Å². The smallest absolute Gasteiger partial charge is 0.174 e. The van der Waals surface area contributed by atoms with Gasteiger partial charge in [-0.05, 0) is 38.8 Å². The van der Waals surface area contributed by atoms with Crippen LogP contribution in [-0.4, -0.2) is 23.9 Å². The molecule has 0 saturated carbocycles. The second-order valence-corrected chi connectivity index (χ2v) is 5.66. The SMILES string of the molecule is O=C1CCCc2nc(C3CCNCC3)sc21. The number of carbonyl (C=O) groups is 1. The Labute approximate surface area is 99.3 Å². The molecular formula is C12H16N2OS. The predicted molar refractivity (Wildman–Crippen MR) is 64.2 cm³/mol. The molecule has 0 amide bonds. The van der Waals surface area contributed by atoms with Crippen molar-refractivity contribution in [3.63, 3.8) is 0 Å². The molecule has 1 saturated heterocycles. The normalized spacial score (nSPS) is 22.1. The van der Waals surface area contributed by atoms with Gasteiger partial charge in [0.15, 0.2) is 5.78 Å². The van der Waals surface area contributed by atoms with Crippen molar-refractivity contribution in [1.82, 2.24) is 10.3 Å². The minimum absolute atomic E-state index is 0.318. The summed E-state index contributed by atoms with van der Waals surface area (Å²) in [5.74, 6) is 0.906. The van der Waals surface area contributed by atoms with E-state index in [0.29, 0.717) is 11.7 Å². The fraction of sp³-hybridized carbons (Fsp3) is 0.667. The summed E-state index contributed by atoms with van der Waals surface area (Å²) < 4.78 is 0. The van der Waals surface area contributed by atoms with Gasteiger partial charge in [0.05, 0.1) is 15.6 Å². The average Bonchev–Trinajstić information content (AvgIpc) is 2.76. The van der Waals surface area contributed by atoms with Crippen LogP contribution in [0.25, 0.3) is 0 Å². The monoisotopic (exact) mass is 236 g/mol. The summed E-state index contributed by atoms with van der Waals surface area (Å²) in [6, 6.07) is 0. The maximum Gasteiger partial charge on any atom is 0.174 e. The topological polar surface area (TPSA) is 42.0 Å². The van der Waals surface area contributed by atoms with Crippen LogP contribution in [0.2, 0.25) is 0 Å².